The van der Waals surface area contributed by atoms with Gasteiger partial charge in [-0.3, -0.25) is 4.79 Å². The average molecular weight is 267 g/mol. The molecule has 2 aromatic rings. The minimum absolute atomic E-state index is 0.154. The molecule has 0 radical (unpaired) electrons. The lowest BCUT2D eigenvalue weighted by atomic mass is 9.96. The van der Waals surface area contributed by atoms with Crippen LogP contribution in [0.2, 0.25) is 0 Å². The molecule has 1 heterocycles. The van der Waals surface area contributed by atoms with E-state index in [1.807, 2.05) is 0 Å². The highest BCUT2D eigenvalue weighted by molar-refractivity contribution is 5.96. The van der Waals surface area contributed by atoms with Crippen molar-refractivity contribution in [2.45, 2.75) is 6.18 Å². The molecule has 4 nitrogen and oxygen atoms in total. The fourth-order valence-electron chi connectivity index (χ4n) is 1.75. The van der Waals surface area contributed by atoms with Gasteiger partial charge >= 0.3 is 6.18 Å². The quantitative estimate of drug-likeness (QED) is 0.907. The molecule has 0 saturated carbocycles. The van der Waals surface area contributed by atoms with Crippen LogP contribution < -0.4 is 5.73 Å². The second-order valence-electron chi connectivity index (χ2n) is 3.72. The van der Waals surface area contributed by atoms with E-state index < -0.39 is 23.2 Å². The van der Waals surface area contributed by atoms with E-state index in [-0.39, 0.29) is 11.1 Å². The molecule has 2 rings (SSSR count). The molecule has 0 bridgehead atoms. The molecule has 0 aliphatic heterocycles. The first-order valence-electron chi connectivity index (χ1n) is 5.18. The minimum atomic E-state index is -4.69. The van der Waals surface area contributed by atoms with Crippen LogP contribution in [-0.2, 0) is 6.18 Å². The smallest absolute Gasteiger partial charge is 0.366 e. The normalized spacial score (nSPS) is 11.3. The van der Waals surface area contributed by atoms with Crippen LogP contribution in [0, 0.1) is 0 Å². The Kier molecular flexibility index (Phi) is 3.20. The van der Waals surface area contributed by atoms with Crippen molar-refractivity contribution < 1.29 is 18.0 Å². The molecule has 1 aromatic heterocycles. The summed E-state index contributed by atoms with van der Waals surface area (Å²) in [6.07, 6.45) is -2.23. The molecule has 1 aromatic carbocycles. The second kappa shape index (κ2) is 4.68. The molecule has 0 unspecified atom stereocenters. The van der Waals surface area contributed by atoms with Gasteiger partial charge in [-0.15, -0.1) is 0 Å². The van der Waals surface area contributed by atoms with Gasteiger partial charge in [0, 0.05) is 5.56 Å². The molecule has 2 N–H and O–H groups in total. The molecule has 0 saturated heterocycles. The zero-order valence-electron chi connectivity index (χ0n) is 9.48. The van der Waals surface area contributed by atoms with Crippen molar-refractivity contribution in [2.24, 2.45) is 5.73 Å². The van der Waals surface area contributed by atoms with E-state index in [0.29, 0.717) is 0 Å². The molecule has 0 aliphatic carbocycles. The number of amides is 1. The maximum atomic E-state index is 13.1. The third-order valence-electron chi connectivity index (χ3n) is 2.51. The third-order valence-corrected chi connectivity index (χ3v) is 2.51. The van der Waals surface area contributed by atoms with Crippen LogP contribution >= 0.6 is 0 Å². The maximum absolute atomic E-state index is 13.1. The van der Waals surface area contributed by atoms with Gasteiger partial charge in [0.1, 0.15) is 0 Å². The first-order valence-corrected chi connectivity index (χ1v) is 5.18. The van der Waals surface area contributed by atoms with Crippen molar-refractivity contribution in [1.29, 1.82) is 0 Å². The highest BCUT2D eigenvalue weighted by Crippen LogP contribution is 2.38. The number of carbonyl (C=O) groups excluding carboxylic acids is 1. The fraction of sp³-hybridized carbons (Fsp3) is 0.0833. The van der Waals surface area contributed by atoms with Crippen LogP contribution in [0.15, 0.2) is 36.7 Å². The number of aromatic nitrogens is 2. The molecule has 7 heteroatoms. The Bertz CT molecular complexity index is 611. The van der Waals surface area contributed by atoms with Gasteiger partial charge in [0.05, 0.1) is 23.5 Å². The Morgan fingerprint density at radius 1 is 1.16 bits per heavy atom. The number of rotatable bonds is 2. The summed E-state index contributed by atoms with van der Waals surface area (Å²) in [5.74, 6) is -1.13. The molecular weight excluding hydrogens is 259 g/mol. The first kappa shape index (κ1) is 13.0. The van der Waals surface area contributed by atoms with Crippen LogP contribution in [-0.4, -0.2) is 16.1 Å². The van der Waals surface area contributed by atoms with E-state index in [9.17, 15) is 18.0 Å². The van der Waals surface area contributed by atoms with Gasteiger partial charge in [-0.25, -0.2) is 0 Å². The van der Waals surface area contributed by atoms with Crippen LogP contribution in [0.1, 0.15) is 15.9 Å². The van der Waals surface area contributed by atoms with Gasteiger partial charge in [-0.05, 0) is 17.7 Å². The average Bonchev–Trinajstić information content (AvgIpc) is 2.38. The van der Waals surface area contributed by atoms with Crippen LogP contribution in [0.3, 0.4) is 0 Å². The van der Waals surface area contributed by atoms with Gasteiger partial charge in [-0.1, -0.05) is 12.1 Å². The number of primary amides is 1. The summed E-state index contributed by atoms with van der Waals surface area (Å²) >= 11 is 0. The lowest BCUT2D eigenvalue weighted by molar-refractivity contribution is -0.137. The lowest BCUT2D eigenvalue weighted by Gasteiger charge is -2.15. The van der Waals surface area contributed by atoms with Crippen molar-refractivity contribution >= 4 is 5.91 Å². The standard InChI is InChI=1S/C12H8F3N3O/c13-12(14,15)10-8(7-4-5-17-18-6-7)2-1-3-9(10)11(16)19/h1-6H,(H2,16,19). The van der Waals surface area contributed by atoms with Crippen molar-refractivity contribution in [3.8, 4) is 11.1 Å². The summed E-state index contributed by atoms with van der Waals surface area (Å²) in [4.78, 5) is 11.1. The van der Waals surface area contributed by atoms with E-state index >= 15 is 0 Å². The zero-order chi connectivity index (χ0) is 14.0. The number of hydrogen-bond donors (Lipinski definition) is 1. The summed E-state index contributed by atoms with van der Waals surface area (Å²) in [6.45, 7) is 0. The van der Waals surface area contributed by atoms with E-state index in [2.05, 4.69) is 10.2 Å². The number of alkyl halides is 3. The van der Waals surface area contributed by atoms with E-state index in [4.69, 9.17) is 5.73 Å². The van der Waals surface area contributed by atoms with Crippen molar-refractivity contribution in [2.75, 3.05) is 0 Å². The van der Waals surface area contributed by atoms with Crippen LogP contribution in [0.25, 0.3) is 11.1 Å². The molecule has 0 aliphatic rings. The Morgan fingerprint density at radius 3 is 2.42 bits per heavy atom. The predicted octanol–water partition coefficient (Wildman–Crippen LogP) is 2.26. The minimum Gasteiger partial charge on any atom is -0.366 e. The van der Waals surface area contributed by atoms with Crippen LogP contribution in [0.5, 0.6) is 0 Å². The van der Waals surface area contributed by atoms with Crippen LogP contribution in [0.4, 0.5) is 13.2 Å². The van der Waals surface area contributed by atoms with Gasteiger partial charge in [0.2, 0.25) is 5.91 Å². The topological polar surface area (TPSA) is 68.9 Å². The third kappa shape index (κ3) is 2.54. The number of carbonyl (C=O) groups is 1. The molecule has 1 amide bonds. The van der Waals surface area contributed by atoms with E-state index in [1.165, 1.54) is 30.6 Å². The molecule has 0 spiro atoms. The summed E-state index contributed by atoms with van der Waals surface area (Å²) in [5, 5.41) is 7.02. The van der Waals surface area contributed by atoms with Gasteiger partial charge in [-0.2, -0.15) is 23.4 Å². The fourth-order valence-corrected chi connectivity index (χ4v) is 1.75. The number of nitrogens with zero attached hydrogens (tertiary/aromatic N) is 2. The van der Waals surface area contributed by atoms with Gasteiger partial charge in [0.25, 0.3) is 0 Å². The molecule has 19 heavy (non-hydrogen) atoms. The Morgan fingerprint density at radius 2 is 1.89 bits per heavy atom. The van der Waals surface area contributed by atoms with Gasteiger partial charge < -0.3 is 5.73 Å². The summed E-state index contributed by atoms with van der Waals surface area (Å²) in [6, 6.07) is 5.02. The maximum Gasteiger partial charge on any atom is 0.417 e. The predicted molar refractivity (Wildman–Crippen MR) is 61.0 cm³/mol. The monoisotopic (exact) mass is 267 g/mol. The lowest BCUT2D eigenvalue weighted by Crippen LogP contribution is -2.19. The van der Waals surface area contributed by atoms with Crippen molar-refractivity contribution in [1.82, 2.24) is 10.2 Å². The largest absolute Gasteiger partial charge is 0.417 e. The second-order valence-corrected chi connectivity index (χ2v) is 3.72. The Balaban J connectivity index is 2.75. The molecule has 0 fully saturated rings. The summed E-state index contributed by atoms with van der Waals surface area (Å²) in [7, 11) is 0. The van der Waals surface area contributed by atoms with Crippen molar-refractivity contribution in [3.05, 3.63) is 47.8 Å². The summed E-state index contributed by atoms with van der Waals surface area (Å²) in [5.41, 5.74) is 3.42. The molecule has 0 atom stereocenters. The Hall–Kier alpha value is -2.44. The number of nitrogens with two attached hydrogens (primary N) is 1. The van der Waals surface area contributed by atoms with Gasteiger partial charge in [0.15, 0.2) is 0 Å². The highest BCUT2D eigenvalue weighted by atomic mass is 19.4. The number of hydrogen-bond acceptors (Lipinski definition) is 3. The van der Waals surface area contributed by atoms with E-state index in [0.717, 1.165) is 6.07 Å². The number of benzene rings is 1. The first-order chi connectivity index (χ1) is 8.91. The Labute approximate surface area is 106 Å². The van der Waals surface area contributed by atoms with E-state index in [1.54, 1.807) is 0 Å². The molecular formula is C12H8F3N3O. The SMILES string of the molecule is NC(=O)c1cccc(-c2ccnnc2)c1C(F)(F)F. The highest BCUT2D eigenvalue weighted by Gasteiger charge is 2.37. The number of halogens is 3. The van der Waals surface area contributed by atoms with Crippen molar-refractivity contribution in [3.63, 3.8) is 0 Å². The summed E-state index contributed by atoms with van der Waals surface area (Å²) < 4.78 is 39.3. The zero-order valence-corrected chi connectivity index (χ0v) is 9.48. The molecule has 98 valence electrons.